The number of thiophene rings is 1. The van der Waals surface area contributed by atoms with Gasteiger partial charge in [0.15, 0.2) is 0 Å². The average Bonchev–Trinajstić information content (AvgIpc) is 3.32. The fraction of sp³-hybridized carbons (Fsp3) is 0.188. The summed E-state index contributed by atoms with van der Waals surface area (Å²) < 4.78 is 0. The molecule has 0 bridgehead atoms. The first kappa shape index (κ1) is 17.1. The van der Waals surface area contributed by atoms with E-state index in [1.54, 1.807) is 18.2 Å². The van der Waals surface area contributed by atoms with Crippen molar-refractivity contribution < 1.29 is 4.79 Å². The third-order valence-electron chi connectivity index (χ3n) is 3.91. The zero-order valence-corrected chi connectivity index (χ0v) is 15.7. The number of benzene rings is 1. The molecule has 0 atom stereocenters. The Hall–Kier alpha value is -2.29. The summed E-state index contributed by atoms with van der Waals surface area (Å²) in [5, 5.41) is 7.85. The first-order chi connectivity index (χ1) is 12.4. The van der Waals surface area contributed by atoms with Gasteiger partial charge in [-0.1, -0.05) is 23.2 Å². The smallest absolute Gasteiger partial charge is 0.260 e. The molecule has 3 aromatic rings. The minimum atomic E-state index is -0.595. The molecule has 1 aromatic carbocycles. The van der Waals surface area contributed by atoms with E-state index in [1.807, 2.05) is 0 Å². The number of carbonyl (C=O) groups is 1. The zero-order chi connectivity index (χ0) is 18.4. The number of nitrogens with zero attached hydrogens (tertiary/aromatic N) is 2. The Balaban J connectivity index is 1.83. The highest BCUT2D eigenvalue weighted by Gasteiger charge is 2.25. The summed E-state index contributed by atoms with van der Waals surface area (Å²) in [6, 6.07) is 5.51. The van der Waals surface area contributed by atoms with Gasteiger partial charge in [0.1, 0.15) is 15.5 Å². The number of anilines is 4. The highest BCUT2D eigenvalue weighted by atomic mass is 35.5. The van der Waals surface area contributed by atoms with E-state index in [2.05, 4.69) is 20.6 Å². The SMILES string of the molecule is NC(=O)c1sc2nc(NC3CC3)nc(Nc3ccc(Cl)c(Cl)c3)c2c1N. The van der Waals surface area contributed by atoms with Gasteiger partial charge in [-0.3, -0.25) is 4.79 Å². The van der Waals surface area contributed by atoms with Gasteiger partial charge < -0.3 is 22.1 Å². The third kappa shape index (κ3) is 3.23. The summed E-state index contributed by atoms with van der Waals surface area (Å²) in [5.74, 6) is 0.348. The number of nitrogens with two attached hydrogens (primary N) is 2. The van der Waals surface area contributed by atoms with E-state index >= 15 is 0 Å². The van der Waals surface area contributed by atoms with Crippen LogP contribution < -0.4 is 22.1 Å². The predicted octanol–water partition coefficient (Wildman–Crippen LogP) is 4.00. The Morgan fingerprint density at radius 3 is 2.65 bits per heavy atom. The molecule has 4 rings (SSSR count). The van der Waals surface area contributed by atoms with Crippen LogP contribution in [0.1, 0.15) is 22.5 Å². The van der Waals surface area contributed by atoms with Crippen LogP contribution >= 0.6 is 34.5 Å². The lowest BCUT2D eigenvalue weighted by Gasteiger charge is -2.11. The molecular formula is C16H14Cl2N6OS. The van der Waals surface area contributed by atoms with Crippen molar-refractivity contribution >= 4 is 73.8 Å². The van der Waals surface area contributed by atoms with Gasteiger partial charge in [-0.2, -0.15) is 4.98 Å². The molecule has 6 N–H and O–H groups in total. The first-order valence-corrected chi connectivity index (χ1v) is 9.38. The highest BCUT2D eigenvalue weighted by molar-refractivity contribution is 7.21. The van der Waals surface area contributed by atoms with Crippen LogP contribution in [0.3, 0.4) is 0 Å². The van der Waals surface area contributed by atoms with Crippen LogP contribution in [0.2, 0.25) is 10.0 Å². The summed E-state index contributed by atoms with van der Waals surface area (Å²) in [7, 11) is 0. The number of hydrogen-bond donors (Lipinski definition) is 4. The summed E-state index contributed by atoms with van der Waals surface area (Å²) in [6.07, 6.45) is 2.16. The number of halogens is 2. The van der Waals surface area contributed by atoms with Gasteiger partial charge in [-0.25, -0.2) is 4.98 Å². The van der Waals surface area contributed by atoms with E-state index in [1.165, 1.54) is 0 Å². The number of amides is 1. The minimum Gasteiger partial charge on any atom is -0.397 e. The molecular weight excluding hydrogens is 395 g/mol. The summed E-state index contributed by atoms with van der Waals surface area (Å²) >= 11 is 13.2. The first-order valence-electron chi connectivity index (χ1n) is 7.81. The number of rotatable bonds is 5. The van der Waals surface area contributed by atoms with Crippen molar-refractivity contribution in [1.82, 2.24) is 9.97 Å². The van der Waals surface area contributed by atoms with Crippen molar-refractivity contribution in [3.05, 3.63) is 33.1 Å². The zero-order valence-electron chi connectivity index (χ0n) is 13.3. The average molecular weight is 409 g/mol. The number of carbonyl (C=O) groups excluding carboxylic acids is 1. The Bertz CT molecular complexity index is 1030. The Kier molecular flexibility index (Phi) is 4.26. The van der Waals surface area contributed by atoms with Crippen molar-refractivity contribution in [3.63, 3.8) is 0 Å². The van der Waals surface area contributed by atoms with E-state index in [-0.39, 0.29) is 10.6 Å². The van der Waals surface area contributed by atoms with Crippen molar-refractivity contribution in [2.24, 2.45) is 5.73 Å². The number of aromatic nitrogens is 2. The molecule has 1 aliphatic rings. The van der Waals surface area contributed by atoms with Crippen molar-refractivity contribution in [2.45, 2.75) is 18.9 Å². The molecule has 2 heterocycles. The monoisotopic (exact) mass is 408 g/mol. The van der Waals surface area contributed by atoms with Crippen LogP contribution in [-0.2, 0) is 0 Å². The molecule has 26 heavy (non-hydrogen) atoms. The van der Waals surface area contributed by atoms with Crippen LogP contribution in [0, 0.1) is 0 Å². The number of nitrogen functional groups attached to an aromatic ring is 1. The molecule has 0 aliphatic heterocycles. The lowest BCUT2D eigenvalue weighted by molar-refractivity contribution is 0.100. The second-order valence-corrected chi connectivity index (χ2v) is 7.77. The van der Waals surface area contributed by atoms with Crippen LogP contribution in [0.15, 0.2) is 18.2 Å². The fourth-order valence-electron chi connectivity index (χ4n) is 2.48. The summed E-state index contributed by atoms with van der Waals surface area (Å²) in [6.45, 7) is 0. The number of primary amides is 1. The lowest BCUT2D eigenvalue weighted by Crippen LogP contribution is -2.11. The quantitative estimate of drug-likeness (QED) is 0.506. The molecule has 2 aromatic heterocycles. The summed E-state index contributed by atoms with van der Waals surface area (Å²) in [4.78, 5) is 21.5. The second-order valence-electron chi connectivity index (χ2n) is 5.96. The van der Waals surface area contributed by atoms with Gasteiger partial charge in [-0.15, -0.1) is 11.3 Å². The molecule has 0 unspecified atom stereocenters. The Morgan fingerprint density at radius 2 is 2.00 bits per heavy atom. The van der Waals surface area contributed by atoms with E-state index < -0.39 is 5.91 Å². The Morgan fingerprint density at radius 1 is 1.23 bits per heavy atom. The second kappa shape index (κ2) is 6.46. The molecule has 10 heteroatoms. The molecule has 0 spiro atoms. The van der Waals surface area contributed by atoms with Crippen molar-refractivity contribution in [2.75, 3.05) is 16.4 Å². The number of fused-ring (bicyclic) bond motifs is 1. The lowest BCUT2D eigenvalue weighted by atomic mass is 10.2. The van der Waals surface area contributed by atoms with Crippen molar-refractivity contribution in [1.29, 1.82) is 0 Å². The maximum absolute atomic E-state index is 11.7. The van der Waals surface area contributed by atoms with Crippen molar-refractivity contribution in [3.8, 4) is 0 Å². The van der Waals surface area contributed by atoms with Crippen LogP contribution in [0.5, 0.6) is 0 Å². The molecule has 1 aliphatic carbocycles. The highest BCUT2D eigenvalue weighted by Crippen LogP contribution is 2.39. The number of hydrogen-bond acceptors (Lipinski definition) is 7. The van der Waals surface area contributed by atoms with Gasteiger partial charge >= 0.3 is 0 Å². The van der Waals surface area contributed by atoms with Crippen LogP contribution in [-0.4, -0.2) is 21.9 Å². The third-order valence-corrected chi connectivity index (χ3v) is 5.76. The Labute approximate surface area is 162 Å². The minimum absolute atomic E-state index is 0.259. The maximum Gasteiger partial charge on any atom is 0.260 e. The van der Waals surface area contributed by atoms with Gasteiger partial charge in [0.25, 0.3) is 5.91 Å². The van der Waals surface area contributed by atoms with E-state index in [0.717, 1.165) is 24.2 Å². The predicted molar refractivity (Wildman–Crippen MR) is 107 cm³/mol. The molecule has 1 saturated carbocycles. The largest absolute Gasteiger partial charge is 0.397 e. The molecule has 134 valence electrons. The van der Waals surface area contributed by atoms with Crippen LogP contribution in [0.25, 0.3) is 10.2 Å². The van der Waals surface area contributed by atoms with E-state index in [0.29, 0.717) is 43.8 Å². The molecule has 0 radical (unpaired) electrons. The van der Waals surface area contributed by atoms with Gasteiger partial charge in [0.2, 0.25) is 5.95 Å². The van der Waals surface area contributed by atoms with Gasteiger partial charge in [0, 0.05) is 11.7 Å². The van der Waals surface area contributed by atoms with E-state index in [4.69, 9.17) is 34.7 Å². The maximum atomic E-state index is 11.7. The standard InChI is InChI=1S/C16H14Cl2N6OS/c17-8-4-3-7(5-9(8)18)21-14-10-11(19)12(13(20)25)26-15(10)24-16(23-14)22-6-1-2-6/h3-6H,1-2,19H2,(H2,20,25)(H2,21,22,23,24). The number of nitrogens with one attached hydrogen (secondary N) is 2. The molecule has 7 nitrogen and oxygen atoms in total. The van der Waals surface area contributed by atoms with Gasteiger partial charge in [0.05, 0.1) is 21.1 Å². The molecule has 1 fully saturated rings. The fourth-order valence-corrected chi connectivity index (χ4v) is 3.73. The molecule has 1 amide bonds. The normalized spacial score (nSPS) is 13.8. The van der Waals surface area contributed by atoms with E-state index in [9.17, 15) is 4.79 Å². The van der Waals surface area contributed by atoms with Crippen LogP contribution in [0.4, 0.5) is 23.1 Å². The summed E-state index contributed by atoms with van der Waals surface area (Å²) in [5.41, 5.74) is 12.5. The van der Waals surface area contributed by atoms with Gasteiger partial charge in [-0.05, 0) is 31.0 Å². The topological polar surface area (TPSA) is 119 Å². The molecule has 0 saturated heterocycles.